The van der Waals surface area contributed by atoms with E-state index in [0.717, 1.165) is 25.7 Å². The van der Waals surface area contributed by atoms with E-state index < -0.39 is 11.6 Å². The van der Waals surface area contributed by atoms with E-state index in [9.17, 15) is 9.59 Å². The molecule has 186 valence electrons. The minimum atomic E-state index is -0.692. The third kappa shape index (κ3) is 3.68. The molecular formula is C27H27F2N5O2. The predicted octanol–water partition coefficient (Wildman–Crippen LogP) is 4.82. The van der Waals surface area contributed by atoms with Gasteiger partial charge in [0.1, 0.15) is 11.5 Å². The van der Waals surface area contributed by atoms with Crippen LogP contribution in [0.25, 0.3) is 33.3 Å². The summed E-state index contributed by atoms with van der Waals surface area (Å²) < 4.78 is 35.1. The van der Waals surface area contributed by atoms with Gasteiger partial charge in [-0.25, -0.2) is 13.5 Å². The molecule has 1 aromatic carbocycles. The molecule has 0 radical (unpaired) electrons. The summed E-state index contributed by atoms with van der Waals surface area (Å²) in [6, 6.07) is 4.73. The SMILES string of the molecule is Cc1cc(-c2c(F)cc3c4nn(C5CCC(NC=O)CC5)c(=O)c-4cn(C4CC4)c3c2F)cc(C)n1. The summed E-state index contributed by atoms with van der Waals surface area (Å²) in [7, 11) is 0. The van der Waals surface area contributed by atoms with E-state index in [1.54, 1.807) is 36.7 Å². The molecule has 1 aromatic heterocycles. The van der Waals surface area contributed by atoms with Gasteiger partial charge in [0.05, 0.1) is 22.7 Å². The van der Waals surface area contributed by atoms with Crippen LogP contribution in [-0.2, 0) is 4.79 Å². The maximum atomic E-state index is 16.2. The fourth-order valence-corrected chi connectivity index (χ4v) is 5.71. The second kappa shape index (κ2) is 8.50. The Hall–Kier alpha value is -3.62. The molecule has 0 atom stereocenters. The van der Waals surface area contributed by atoms with Crippen LogP contribution in [0, 0.1) is 25.5 Å². The topological polar surface area (TPSA) is 81.8 Å². The second-order valence-corrected chi connectivity index (χ2v) is 10.2. The maximum Gasteiger partial charge on any atom is 0.278 e. The summed E-state index contributed by atoms with van der Waals surface area (Å²) in [4.78, 5) is 28.5. The van der Waals surface area contributed by atoms with Crippen molar-refractivity contribution in [2.45, 2.75) is 70.5 Å². The second-order valence-electron chi connectivity index (χ2n) is 10.2. The molecule has 0 bridgehead atoms. The number of hydrogen-bond donors (Lipinski definition) is 1. The van der Waals surface area contributed by atoms with E-state index in [1.165, 1.54) is 10.7 Å². The number of nitrogens with one attached hydrogen (secondary N) is 1. The van der Waals surface area contributed by atoms with Crippen LogP contribution in [0.15, 0.2) is 29.2 Å². The van der Waals surface area contributed by atoms with Gasteiger partial charge in [0, 0.05) is 35.1 Å². The monoisotopic (exact) mass is 491 g/mol. The van der Waals surface area contributed by atoms with Crippen molar-refractivity contribution in [1.29, 1.82) is 0 Å². The van der Waals surface area contributed by atoms with Crippen molar-refractivity contribution < 1.29 is 13.6 Å². The minimum absolute atomic E-state index is 0.0678. The molecule has 1 N–H and O–H groups in total. The number of aryl methyl sites for hydroxylation is 2. The van der Waals surface area contributed by atoms with E-state index in [0.29, 0.717) is 52.8 Å². The molecule has 0 saturated heterocycles. The van der Waals surface area contributed by atoms with Gasteiger partial charge in [-0.2, -0.15) is 5.10 Å². The number of fused-ring (bicyclic) bond motifs is 3. The largest absolute Gasteiger partial charge is 0.356 e. The van der Waals surface area contributed by atoms with Gasteiger partial charge in [0.2, 0.25) is 6.41 Å². The normalized spacial score (nSPS) is 20.2. The summed E-state index contributed by atoms with van der Waals surface area (Å²) in [6.07, 6.45) is 7.06. The maximum absolute atomic E-state index is 16.2. The third-order valence-electron chi connectivity index (χ3n) is 7.53. The van der Waals surface area contributed by atoms with Crippen LogP contribution < -0.4 is 10.9 Å². The van der Waals surface area contributed by atoms with Crippen LogP contribution in [-0.4, -0.2) is 31.8 Å². The van der Waals surface area contributed by atoms with E-state index in [2.05, 4.69) is 15.4 Å². The van der Waals surface area contributed by atoms with Gasteiger partial charge >= 0.3 is 0 Å². The number of nitrogens with zero attached hydrogens (tertiary/aromatic N) is 4. The number of hydrogen-bond acceptors (Lipinski definition) is 4. The van der Waals surface area contributed by atoms with Crippen molar-refractivity contribution in [3.8, 4) is 22.4 Å². The number of amides is 1. The Balaban J connectivity index is 1.55. The molecule has 2 fully saturated rings. The zero-order chi connectivity index (χ0) is 25.1. The van der Waals surface area contributed by atoms with E-state index in [1.807, 2.05) is 0 Å². The third-order valence-corrected chi connectivity index (χ3v) is 7.53. The van der Waals surface area contributed by atoms with Gasteiger partial charge < -0.3 is 9.88 Å². The van der Waals surface area contributed by atoms with Crippen molar-refractivity contribution in [3.05, 3.63) is 57.8 Å². The summed E-state index contributed by atoms with van der Waals surface area (Å²) in [5.41, 5.74) is 2.46. The minimum Gasteiger partial charge on any atom is -0.356 e. The molecular weight excluding hydrogens is 464 g/mol. The molecule has 36 heavy (non-hydrogen) atoms. The Morgan fingerprint density at radius 3 is 2.31 bits per heavy atom. The Labute approximate surface area is 206 Å². The van der Waals surface area contributed by atoms with Gasteiger partial charge in [0.15, 0.2) is 5.82 Å². The van der Waals surface area contributed by atoms with E-state index in [4.69, 9.17) is 0 Å². The molecule has 3 heterocycles. The Bertz CT molecular complexity index is 1510. The lowest BCUT2D eigenvalue weighted by atomic mass is 9.91. The lowest BCUT2D eigenvalue weighted by Gasteiger charge is -2.27. The van der Waals surface area contributed by atoms with Gasteiger partial charge in [-0.05, 0) is 76.1 Å². The molecule has 2 saturated carbocycles. The number of aromatic nitrogens is 4. The number of benzene rings is 1. The van der Waals surface area contributed by atoms with Crippen LogP contribution in [0.1, 0.15) is 62.0 Å². The molecule has 0 unspecified atom stereocenters. The van der Waals surface area contributed by atoms with Crippen molar-refractivity contribution >= 4 is 17.3 Å². The molecule has 2 aliphatic carbocycles. The van der Waals surface area contributed by atoms with Gasteiger partial charge in [-0.3, -0.25) is 14.6 Å². The summed E-state index contributed by atoms with van der Waals surface area (Å²) in [5, 5.41) is 7.75. The number of carbonyl (C=O) groups excluding carboxylic acids is 1. The Morgan fingerprint density at radius 2 is 1.67 bits per heavy atom. The van der Waals surface area contributed by atoms with Crippen molar-refractivity contribution in [3.63, 3.8) is 0 Å². The molecule has 0 spiro atoms. The Kier molecular flexibility index (Phi) is 5.39. The highest BCUT2D eigenvalue weighted by molar-refractivity contribution is 5.97. The number of halogens is 2. The van der Waals surface area contributed by atoms with Crippen molar-refractivity contribution in [2.24, 2.45) is 0 Å². The highest BCUT2D eigenvalue weighted by Crippen LogP contribution is 2.43. The highest BCUT2D eigenvalue weighted by atomic mass is 19.1. The molecule has 1 amide bonds. The number of rotatable bonds is 5. The van der Waals surface area contributed by atoms with Crippen LogP contribution in [0.5, 0.6) is 0 Å². The van der Waals surface area contributed by atoms with Gasteiger partial charge in [-0.15, -0.1) is 0 Å². The molecule has 4 aliphatic rings. The summed E-state index contributed by atoms with van der Waals surface area (Å²) in [5.74, 6) is -1.34. The zero-order valence-electron chi connectivity index (χ0n) is 20.2. The van der Waals surface area contributed by atoms with Crippen LogP contribution in [0.3, 0.4) is 0 Å². The van der Waals surface area contributed by atoms with Gasteiger partial charge in [-0.1, -0.05) is 0 Å². The molecule has 9 heteroatoms. The lowest BCUT2D eigenvalue weighted by molar-refractivity contribution is -0.110. The Morgan fingerprint density at radius 1 is 1.00 bits per heavy atom. The molecule has 7 nitrogen and oxygen atoms in total. The first-order valence-electron chi connectivity index (χ1n) is 12.5. The lowest BCUT2D eigenvalue weighted by Crippen LogP contribution is -2.34. The first-order valence-corrected chi connectivity index (χ1v) is 12.5. The molecule has 2 aromatic rings. The van der Waals surface area contributed by atoms with Crippen molar-refractivity contribution in [2.75, 3.05) is 0 Å². The summed E-state index contributed by atoms with van der Waals surface area (Å²) in [6.45, 7) is 3.60. The quantitative estimate of drug-likeness (QED) is 0.406. The zero-order valence-corrected chi connectivity index (χ0v) is 20.2. The number of pyridine rings is 2. The smallest absolute Gasteiger partial charge is 0.278 e. The van der Waals surface area contributed by atoms with Crippen LogP contribution in [0.2, 0.25) is 0 Å². The van der Waals surface area contributed by atoms with Crippen LogP contribution in [0.4, 0.5) is 8.78 Å². The standard InChI is InChI=1S/C27H27F2N5O2/c1-14-9-16(10-15(2)31-14)23-22(28)11-20-25-21(12-33(18-7-8-18)26(20)24(23)29)27(36)34(32-25)19-5-3-17(4-6-19)30-13-35/h9-13,17-19H,3-8H2,1-2H3,(H,30,35). The molecule has 2 aliphatic heterocycles. The fourth-order valence-electron chi connectivity index (χ4n) is 5.71. The first kappa shape index (κ1) is 22.8. The highest BCUT2D eigenvalue weighted by Gasteiger charge is 2.33. The summed E-state index contributed by atoms with van der Waals surface area (Å²) >= 11 is 0. The van der Waals surface area contributed by atoms with E-state index in [-0.39, 0.29) is 34.8 Å². The fraction of sp³-hybridized carbons (Fsp3) is 0.407. The van der Waals surface area contributed by atoms with E-state index >= 15 is 8.78 Å². The average Bonchev–Trinajstić information content (AvgIpc) is 3.62. The predicted molar refractivity (Wildman–Crippen MR) is 132 cm³/mol. The first-order chi connectivity index (χ1) is 17.4. The molecule has 6 rings (SSSR count). The van der Waals surface area contributed by atoms with Crippen molar-refractivity contribution in [1.82, 2.24) is 24.6 Å². The average molecular weight is 492 g/mol. The van der Waals surface area contributed by atoms with Gasteiger partial charge in [0.25, 0.3) is 5.56 Å². The number of carbonyl (C=O) groups is 1. The van der Waals surface area contributed by atoms with Crippen LogP contribution >= 0.6 is 0 Å².